The van der Waals surface area contributed by atoms with Crippen molar-refractivity contribution in [3.05, 3.63) is 12.2 Å². The van der Waals surface area contributed by atoms with Gasteiger partial charge in [-0.25, -0.2) is 4.79 Å². The quantitative estimate of drug-likeness (QED) is 0.358. The van der Waals surface area contributed by atoms with Crippen LogP contribution in [0.1, 0.15) is 14.8 Å². The van der Waals surface area contributed by atoms with E-state index in [0.29, 0.717) is 12.2 Å². The van der Waals surface area contributed by atoms with E-state index in [1.807, 2.05) is 0 Å². The fourth-order valence-corrected chi connectivity index (χ4v) is 1.83. The Kier molecular flexibility index (Phi) is 12.1. The predicted molar refractivity (Wildman–Crippen MR) is 54.3 cm³/mol. The molecule has 0 rings (SSSR count). The molecule has 0 saturated carbocycles. The van der Waals surface area contributed by atoms with Crippen molar-refractivity contribution >= 4 is 28.7 Å². The van der Waals surface area contributed by atoms with Crippen LogP contribution in [0.3, 0.4) is 0 Å². The molecule has 0 amide bonds. The molecule has 0 saturated heterocycles. The molecule has 0 spiro atoms. The van der Waals surface area contributed by atoms with Crippen molar-refractivity contribution in [2.24, 2.45) is 0 Å². The summed E-state index contributed by atoms with van der Waals surface area (Å²) in [5.74, 6) is -0.595. The average Bonchev–Trinajstić information content (AvgIpc) is 2.00. The van der Waals surface area contributed by atoms with Crippen molar-refractivity contribution in [1.82, 2.24) is 0 Å². The summed E-state index contributed by atoms with van der Waals surface area (Å²) in [7, 11) is -3.71. The first-order chi connectivity index (χ1) is 6.02. The second-order valence-electron chi connectivity index (χ2n) is 2.24. The van der Waals surface area contributed by atoms with Gasteiger partial charge in [-0.1, -0.05) is 6.08 Å². The number of thiol groups is 1. The minimum absolute atomic E-state index is 0. The Morgan fingerprint density at radius 3 is 2.57 bits per heavy atom. The van der Waals surface area contributed by atoms with E-state index in [-0.39, 0.29) is 65.4 Å². The topological polar surface area (TPSA) is 60.4 Å². The van der Waals surface area contributed by atoms with Crippen molar-refractivity contribution in [1.29, 1.82) is 0 Å². The van der Waals surface area contributed by atoms with E-state index in [1.165, 1.54) is 6.08 Å². The Morgan fingerprint density at radius 2 is 2.14 bits per heavy atom. The standard InChI is InChI=1S/C7H12O4S2.Rb.H/c1-2-4-7(8)11-13(9,10)6-3-5-12;;/h2,4,12H,3,5-6H2,1H3;;/q;+1;-1. The van der Waals surface area contributed by atoms with E-state index in [9.17, 15) is 13.2 Å². The number of carbonyl (C=O) groups excluding carboxylic acids is 1. The van der Waals surface area contributed by atoms with Crippen molar-refractivity contribution in [3.63, 3.8) is 0 Å². The molecule has 0 N–H and O–H groups in total. The first-order valence-electron chi connectivity index (χ1n) is 3.71. The van der Waals surface area contributed by atoms with Gasteiger partial charge in [-0.15, -0.1) is 0 Å². The summed E-state index contributed by atoms with van der Waals surface area (Å²) in [5.41, 5.74) is 0. The second-order valence-corrected chi connectivity index (χ2v) is 4.38. The third kappa shape index (κ3) is 9.85. The Labute approximate surface area is 140 Å². The summed E-state index contributed by atoms with van der Waals surface area (Å²) in [6, 6.07) is 0. The number of carbonyl (C=O) groups is 1. The van der Waals surface area contributed by atoms with E-state index in [4.69, 9.17) is 0 Å². The zero-order valence-corrected chi connectivity index (χ0v) is 14.9. The SMILES string of the molecule is CC=CC(=O)OS(=O)(=O)CCCS.[H-].[Rb+]. The van der Waals surface area contributed by atoms with E-state index in [2.05, 4.69) is 16.8 Å². The van der Waals surface area contributed by atoms with Crippen LogP contribution in [0.4, 0.5) is 0 Å². The van der Waals surface area contributed by atoms with Gasteiger partial charge in [0.1, 0.15) is 0 Å². The third-order valence-corrected chi connectivity index (χ3v) is 2.59. The number of allylic oxidation sites excluding steroid dienone is 1. The van der Waals surface area contributed by atoms with Gasteiger partial charge in [-0.3, -0.25) is 0 Å². The maximum atomic E-state index is 11.0. The summed E-state index contributed by atoms with van der Waals surface area (Å²) in [4.78, 5) is 10.7. The Hall–Kier alpha value is 1.32. The molecule has 0 aromatic heterocycles. The molecule has 0 atom stereocenters. The fraction of sp³-hybridized carbons (Fsp3) is 0.571. The monoisotopic (exact) mass is 310 g/mol. The molecule has 4 nitrogen and oxygen atoms in total. The van der Waals surface area contributed by atoms with Crippen LogP contribution >= 0.6 is 12.6 Å². The molecular formula is C7H13O4RbS2. The minimum atomic E-state index is -3.71. The number of rotatable bonds is 5. The van der Waals surface area contributed by atoms with Crippen molar-refractivity contribution in [2.75, 3.05) is 11.5 Å². The van der Waals surface area contributed by atoms with Gasteiger partial charge in [-0.05, 0) is 19.1 Å². The number of hydrogen-bond donors (Lipinski definition) is 1. The summed E-state index contributed by atoms with van der Waals surface area (Å²) in [5, 5.41) is 0. The van der Waals surface area contributed by atoms with Crippen molar-refractivity contribution in [3.8, 4) is 0 Å². The molecule has 7 heteroatoms. The van der Waals surface area contributed by atoms with Gasteiger partial charge in [0, 0.05) is 6.08 Å². The van der Waals surface area contributed by atoms with Crippen LogP contribution in [-0.4, -0.2) is 25.9 Å². The van der Waals surface area contributed by atoms with E-state index in [1.54, 1.807) is 6.92 Å². The van der Waals surface area contributed by atoms with E-state index in [0.717, 1.165) is 6.08 Å². The van der Waals surface area contributed by atoms with Gasteiger partial charge in [-0.2, -0.15) is 21.0 Å². The van der Waals surface area contributed by atoms with Gasteiger partial charge < -0.3 is 5.61 Å². The van der Waals surface area contributed by atoms with Crippen LogP contribution in [0.15, 0.2) is 12.2 Å². The molecule has 0 radical (unpaired) electrons. The average molecular weight is 311 g/mol. The van der Waals surface area contributed by atoms with Crippen LogP contribution in [-0.2, 0) is 19.1 Å². The maximum Gasteiger partial charge on any atom is 1.00 e. The molecule has 0 unspecified atom stereocenters. The first kappa shape index (κ1) is 17.7. The molecule has 0 aromatic rings. The van der Waals surface area contributed by atoms with Crippen LogP contribution in [0.5, 0.6) is 0 Å². The molecular weight excluding hydrogens is 298 g/mol. The molecule has 0 aliphatic carbocycles. The van der Waals surface area contributed by atoms with E-state index >= 15 is 0 Å². The van der Waals surface area contributed by atoms with Crippen LogP contribution in [0, 0.1) is 0 Å². The zero-order chi connectivity index (χ0) is 10.3. The van der Waals surface area contributed by atoms with Crippen LogP contribution < -0.4 is 58.2 Å². The van der Waals surface area contributed by atoms with Crippen molar-refractivity contribution < 1.29 is 77.0 Å². The number of hydrogen-bond acceptors (Lipinski definition) is 5. The summed E-state index contributed by atoms with van der Waals surface area (Å²) >= 11 is 3.85. The zero-order valence-electron chi connectivity index (χ0n) is 9.26. The fourth-order valence-electron chi connectivity index (χ4n) is 0.572. The molecule has 78 valence electrons. The predicted octanol–water partition coefficient (Wildman–Crippen LogP) is -2.13. The first-order valence-corrected chi connectivity index (χ1v) is 5.92. The minimum Gasteiger partial charge on any atom is -1.00 e. The van der Waals surface area contributed by atoms with Crippen molar-refractivity contribution in [2.45, 2.75) is 13.3 Å². The third-order valence-electron chi connectivity index (χ3n) is 1.06. The normalized spacial score (nSPS) is 11.0. The molecule has 0 aromatic carbocycles. The summed E-state index contributed by atoms with van der Waals surface area (Å²) in [6.07, 6.45) is 2.84. The second kappa shape index (κ2) is 9.53. The van der Waals surface area contributed by atoms with Crippen LogP contribution in [0.25, 0.3) is 0 Å². The maximum absolute atomic E-state index is 11.0. The Bertz CT molecular complexity index is 289. The molecule has 14 heavy (non-hydrogen) atoms. The van der Waals surface area contributed by atoms with Gasteiger partial charge in [0.25, 0.3) is 0 Å². The van der Waals surface area contributed by atoms with Gasteiger partial charge in [0.15, 0.2) is 0 Å². The van der Waals surface area contributed by atoms with E-state index < -0.39 is 16.1 Å². The smallest absolute Gasteiger partial charge is 1.00 e. The molecule has 0 bridgehead atoms. The summed E-state index contributed by atoms with van der Waals surface area (Å²) < 4.78 is 26.1. The van der Waals surface area contributed by atoms with Crippen LogP contribution in [0.2, 0.25) is 0 Å². The van der Waals surface area contributed by atoms with Gasteiger partial charge >= 0.3 is 74.3 Å². The molecule has 0 aliphatic heterocycles. The Morgan fingerprint density at radius 1 is 1.57 bits per heavy atom. The largest absolute Gasteiger partial charge is 1.00 e. The summed E-state index contributed by atoms with van der Waals surface area (Å²) in [6.45, 7) is 1.60. The molecule has 0 heterocycles. The van der Waals surface area contributed by atoms with Gasteiger partial charge in [0.2, 0.25) is 0 Å². The molecule has 0 aliphatic rings. The molecule has 0 fully saturated rings. The Balaban J connectivity index is -0.000000720. The van der Waals surface area contributed by atoms with Gasteiger partial charge in [0.05, 0.1) is 5.75 Å².